The highest BCUT2D eigenvalue weighted by atomic mass is 16.7. The Labute approximate surface area is 122 Å². The molecule has 1 aromatic carbocycles. The van der Waals surface area contributed by atoms with Gasteiger partial charge < -0.3 is 14.6 Å². The third-order valence-corrected chi connectivity index (χ3v) is 3.79. The first-order chi connectivity index (χ1) is 10.1. The smallest absolute Gasteiger partial charge is 0.348 e. The Kier molecular flexibility index (Phi) is 3.41. The van der Waals surface area contributed by atoms with E-state index in [4.69, 9.17) is 9.47 Å². The summed E-state index contributed by atoms with van der Waals surface area (Å²) < 4.78 is 10.8. The molecule has 1 aromatic rings. The summed E-state index contributed by atoms with van der Waals surface area (Å²) in [7, 11) is 0. The van der Waals surface area contributed by atoms with Crippen molar-refractivity contribution >= 4 is 18.0 Å². The van der Waals surface area contributed by atoms with Crippen molar-refractivity contribution in [1.82, 2.24) is 0 Å². The Bertz CT molecular complexity index is 589. The summed E-state index contributed by atoms with van der Waals surface area (Å²) in [4.78, 5) is 24.2. The number of esters is 2. The van der Waals surface area contributed by atoms with Gasteiger partial charge in [0.15, 0.2) is 0 Å². The molecule has 0 amide bonds. The predicted molar refractivity (Wildman–Crippen MR) is 74.1 cm³/mol. The van der Waals surface area contributed by atoms with Crippen molar-refractivity contribution in [3.63, 3.8) is 0 Å². The molecule has 0 unspecified atom stereocenters. The Morgan fingerprint density at radius 3 is 2.33 bits per heavy atom. The number of hydrogen-bond acceptors (Lipinski definition) is 5. The van der Waals surface area contributed by atoms with Gasteiger partial charge in [-0.25, -0.2) is 9.59 Å². The van der Waals surface area contributed by atoms with Crippen LogP contribution in [0.2, 0.25) is 0 Å². The number of carbonyl (C=O) groups is 2. The highest BCUT2D eigenvalue weighted by Gasteiger charge is 2.46. The number of hydrogen-bond donors (Lipinski definition) is 1. The summed E-state index contributed by atoms with van der Waals surface area (Å²) in [5.41, 5.74) is 0.398. The maximum atomic E-state index is 12.1. The normalized spacial score (nSPS) is 20.9. The van der Waals surface area contributed by atoms with Gasteiger partial charge in [-0.1, -0.05) is 18.6 Å². The van der Waals surface area contributed by atoms with Crippen LogP contribution in [0.1, 0.15) is 37.7 Å². The van der Waals surface area contributed by atoms with Gasteiger partial charge >= 0.3 is 11.9 Å². The van der Waals surface area contributed by atoms with Gasteiger partial charge in [0, 0.05) is 12.8 Å². The molecule has 1 N–H and O–H groups in total. The van der Waals surface area contributed by atoms with Crippen molar-refractivity contribution in [2.75, 3.05) is 0 Å². The number of rotatable bonds is 1. The Balaban J connectivity index is 1.85. The van der Waals surface area contributed by atoms with Crippen LogP contribution in [-0.2, 0) is 19.1 Å². The molecule has 1 spiro atoms. The van der Waals surface area contributed by atoms with E-state index in [1.54, 1.807) is 12.1 Å². The third kappa shape index (κ3) is 2.77. The van der Waals surface area contributed by atoms with Crippen LogP contribution in [0.3, 0.4) is 0 Å². The second kappa shape index (κ2) is 5.24. The minimum atomic E-state index is -1.07. The lowest BCUT2D eigenvalue weighted by Gasteiger charge is -2.38. The molecule has 110 valence electrons. The van der Waals surface area contributed by atoms with E-state index in [1.165, 1.54) is 18.2 Å². The number of phenols is 1. The largest absolute Gasteiger partial charge is 0.508 e. The van der Waals surface area contributed by atoms with E-state index >= 15 is 0 Å². The maximum Gasteiger partial charge on any atom is 0.348 e. The minimum Gasteiger partial charge on any atom is -0.508 e. The highest BCUT2D eigenvalue weighted by molar-refractivity contribution is 6.18. The Hall–Kier alpha value is -2.30. The predicted octanol–water partition coefficient (Wildman–Crippen LogP) is 2.54. The van der Waals surface area contributed by atoms with Crippen LogP contribution in [0.25, 0.3) is 6.08 Å². The zero-order valence-electron chi connectivity index (χ0n) is 11.5. The fourth-order valence-corrected chi connectivity index (χ4v) is 2.75. The summed E-state index contributed by atoms with van der Waals surface area (Å²) in [5, 5.41) is 9.41. The van der Waals surface area contributed by atoms with Gasteiger partial charge in [-0.2, -0.15) is 0 Å². The van der Waals surface area contributed by atoms with E-state index in [0.717, 1.165) is 19.3 Å². The van der Waals surface area contributed by atoms with E-state index in [-0.39, 0.29) is 11.3 Å². The standard InChI is InChI=1S/C16H16O5/c17-12-6-4-5-11(9-12)10-13-14(18)20-16(21-15(13)19)7-2-1-3-8-16/h4-6,9-10,17H,1-3,7-8H2. The molecule has 1 aliphatic carbocycles. The Morgan fingerprint density at radius 2 is 1.71 bits per heavy atom. The first-order valence-corrected chi connectivity index (χ1v) is 7.05. The summed E-state index contributed by atoms with van der Waals surface area (Å²) in [5.74, 6) is -2.32. The second-order valence-corrected chi connectivity index (χ2v) is 5.40. The Morgan fingerprint density at radius 1 is 1.05 bits per heavy atom. The molecule has 2 aliphatic rings. The van der Waals surface area contributed by atoms with Gasteiger partial charge in [0.05, 0.1) is 0 Å². The van der Waals surface area contributed by atoms with Crippen molar-refractivity contribution < 1.29 is 24.2 Å². The molecule has 0 radical (unpaired) electrons. The van der Waals surface area contributed by atoms with Gasteiger partial charge in [-0.05, 0) is 36.6 Å². The van der Waals surface area contributed by atoms with Gasteiger partial charge in [0.1, 0.15) is 11.3 Å². The SMILES string of the molecule is O=C1OC2(CCCCC2)OC(=O)C1=Cc1cccc(O)c1. The zero-order valence-corrected chi connectivity index (χ0v) is 11.5. The molecule has 0 aromatic heterocycles. The van der Waals surface area contributed by atoms with Crippen molar-refractivity contribution in [3.8, 4) is 5.75 Å². The van der Waals surface area contributed by atoms with E-state index in [9.17, 15) is 14.7 Å². The molecule has 2 fully saturated rings. The van der Waals surface area contributed by atoms with Crippen LogP contribution >= 0.6 is 0 Å². The average Bonchev–Trinajstić information content (AvgIpc) is 2.44. The van der Waals surface area contributed by atoms with Crippen molar-refractivity contribution in [2.45, 2.75) is 37.9 Å². The lowest BCUT2D eigenvalue weighted by molar-refractivity contribution is -0.244. The van der Waals surface area contributed by atoms with Crippen LogP contribution < -0.4 is 0 Å². The molecular formula is C16H16O5. The highest BCUT2D eigenvalue weighted by Crippen LogP contribution is 2.37. The van der Waals surface area contributed by atoms with Crippen molar-refractivity contribution in [1.29, 1.82) is 0 Å². The molecule has 1 saturated heterocycles. The summed E-state index contributed by atoms with van der Waals surface area (Å²) in [6, 6.07) is 6.27. The van der Waals surface area contributed by atoms with Gasteiger partial charge in [-0.15, -0.1) is 0 Å². The van der Waals surface area contributed by atoms with Crippen molar-refractivity contribution in [2.24, 2.45) is 0 Å². The number of aromatic hydroxyl groups is 1. The molecule has 21 heavy (non-hydrogen) atoms. The van der Waals surface area contributed by atoms with Gasteiger partial charge in [0.2, 0.25) is 0 Å². The monoisotopic (exact) mass is 288 g/mol. The van der Waals surface area contributed by atoms with E-state index in [0.29, 0.717) is 18.4 Å². The van der Waals surface area contributed by atoms with Crippen LogP contribution in [0.5, 0.6) is 5.75 Å². The van der Waals surface area contributed by atoms with E-state index < -0.39 is 17.7 Å². The number of benzene rings is 1. The topological polar surface area (TPSA) is 72.8 Å². The lowest BCUT2D eigenvalue weighted by Crippen LogP contribution is -2.47. The molecule has 5 heteroatoms. The molecular weight excluding hydrogens is 272 g/mol. The van der Waals surface area contributed by atoms with Crippen molar-refractivity contribution in [3.05, 3.63) is 35.4 Å². The summed E-state index contributed by atoms with van der Waals surface area (Å²) >= 11 is 0. The molecule has 0 atom stereocenters. The molecule has 0 bridgehead atoms. The lowest BCUT2D eigenvalue weighted by atomic mass is 9.93. The van der Waals surface area contributed by atoms with Crippen LogP contribution in [-0.4, -0.2) is 22.8 Å². The molecule has 1 aliphatic heterocycles. The average molecular weight is 288 g/mol. The fraction of sp³-hybridized carbons (Fsp3) is 0.375. The minimum absolute atomic E-state index is 0.0608. The number of ether oxygens (including phenoxy) is 2. The number of carbonyl (C=O) groups excluding carboxylic acids is 2. The van der Waals surface area contributed by atoms with Crippen LogP contribution in [0.15, 0.2) is 29.8 Å². The van der Waals surface area contributed by atoms with Gasteiger partial charge in [-0.3, -0.25) is 0 Å². The van der Waals surface area contributed by atoms with Crippen LogP contribution in [0.4, 0.5) is 0 Å². The van der Waals surface area contributed by atoms with Crippen LogP contribution in [0, 0.1) is 0 Å². The molecule has 5 nitrogen and oxygen atoms in total. The third-order valence-electron chi connectivity index (χ3n) is 3.79. The molecule has 1 saturated carbocycles. The van der Waals surface area contributed by atoms with Gasteiger partial charge in [0.25, 0.3) is 5.79 Å². The van der Waals surface area contributed by atoms with E-state index in [2.05, 4.69) is 0 Å². The molecule has 1 heterocycles. The fourth-order valence-electron chi connectivity index (χ4n) is 2.75. The second-order valence-electron chi connectivity index (χ2n) is 5.40. The zero-order chi connectivity index (χ0) is 14.9. The quantitative estimate of drug-likeness (QED) is 0.488. The first-order valence-electron chi connectivity index (χ1n) is 7.05. The summed E-state index contributed by atoms with van der Waals surface area (Å²) in [6.07, 6.45) is 5.31. The first kappa shape index (κ1) is 13.7. The summed E-state index contributed by atoms with van der Waals surface area (Å²) in [6.45, 7) is 0. The molecule has 3 rings (SSSR count). The van der Waals surface area contributed by atoms with E-state index in [1.807, 2.05) is 0 Å². The maximum absolute atomic E-state index is 12.1. The number of phenolic OH excluding ortho intramolecular Hbond substituents is 1.